The minimum absolute atomic E-state index is 0. The summed E-state index contributed by atoms with van der Waals surface area (Å²) in [6, 6.07) is 8.36. The molecule has 0 unspecified atom stereocenters. The number of aliphatic imine (C=N–C) groups is 1. The number of hydrogen-bond donors (Lipinski definition) is 1. The van der Waals surface area contributed by atoms with Crippen molar-refractivity contribution in [1.29, 1.82) is 5.26 Å². The van der Waals surface area contributed by atoms with E-state index in [1.54, 1.807) is 6.19 Å². The van der Waals surface area contributed by atoms with E-state index in [2.05, 4.69) is 33.4 Å². The molecule has 0 spiro atoms. The number of benzene rings is 1. The maximum atomic E-state index is 8.28. The van der Waals surface area contributed by atoms with Gasteiger partial charge in [0.2, 0.25) is 0 Å². The van der Waals surface area contributed by atoms with Gasteiger partial charge < -0.3 is 4.74 Å². The predicted octanol–water partition coefficient (Wildman–Crippen LogP) is 2.96. The summed E-state index contributed by atoms with van der Waals surface area (Å²) in [4.78, 5) is 6.56. The van der Waals surface area contributed by atoms with E-state index in [1.807, 2.05) is 6.07 Å². The second-order valence-electron chi connectivity index (χ2n) is 5.48. The van der Waals surface area contributed by atoms with Crippen LogP contribution >= 0.6 is 12.4 Å². The van der Waals surface area contributed by atoms with E-state index in [4.69, 9.17) is 10.00 Å². The topological polar surface area (TPSA) is 60.6 Å². The second-order valence-corrected chi connectivity index (χ2v) is 5.48. The van der Waals surface area contributed by atoms with Gasteiger partial charge in [0.1, 0.15) is 5.75 Å². The number of nitriles is 1. The van der Waals surface area contributed by atoms with E-state index >= 15 is 0 Å². The van der Waals surface area contributed by atoms with Crippen LogP contribution in [0.1, 0.15) is 31.2 Å². The quantitative estimate of drug-likeness (QED) is 0.261. The molecule has 5 nitrogen and oxygen atoms in total. The largest absolute Gasteiger partial charge is 0.494 e. The highest BCUT2D eigenvalue weighted by atomic mass is 35.5. The molecule has 1 aromatic rings. The highest BCUT2D eigenvalue weighted by Gasteiger charge is 2.10. The summed E-state index contributed by atoms with van der Waals surface area (Å²) in [6.07, 6.45) is 8.04. The van der Waals surface area contributed by atoms with Crippen LogP contribution in [0.4, 0.5) is 0 Å². The van der Waals surface area contributed by atoms with Gasteiger partial charge in [-0.3, -0.25) is 15.2 Å². The zero-order valence-corrected chi connectivity index (χ0v) is 14.2. The molecular weight excluding hydrogens is 312 g/mol. The minimum Gasteiger partial charge on any atom is -0.494 e. The van der Waals surface area contributed by atoms with E-state index < -0.39 is 0 Å². The molecule has 0 aliphatic carbocycles. The molecule has 0 atom stereocenters. The molecular formula is C17H25ClN4O. The molecule has 2 rings (SSSR count). The third kappa shape index (κ3) is 7.87. The smallest absolute Gasteiger partial charge is 0.182 e. The first-order valence-corrected chi connectivity index (χ1v) is 7.95. The van der Waals surface area contributed by atoms with Crippen molar-refractivity contribution in [3.8, 4) is 11.9 Å². The standard InChI is InChI=1S/C17H24N4O.ClH/c18-14-20-15-19-8-5-11-22-17-7-4-6-16(12-17)13-21-9-2-1-3-10-21;/h4,6-7,12,15H,1-3,5,8-11,13H2,(H,19,20);1H. The van der Waals surface area contributed by atoms with Crippen LogP contribution in [0.2, 0.25) is 0 Å². The van der Waals surface area contributed by atoms with Gasteiger partial charge >= 0.3 is 0 Å². The first-order chi connectivity index (χ1) is 10.9. The molecule has 0 bridgehead atoms. The fourth-order valence-electron chi connectivity index (χ4n) is 2.59. The first kappa shape index (κ1) is 19.3. The molecule has 0 radical (unpaired) electrons. The maximum Gasteiger partial charge on any atom is 0.182 e. The highest BCUT2D eigenvalue weighted by Crippen LogP contribution is 2.17. The second kappa shape index (κ2) is 11.8. The van der Waals surface area contributed by atoms with Crippen LogP contribution in [0.15, 0.2) is 29.3 Å². The molecule has 126 valence electrons. The lowest BCUT2D eigenvalue weighted by Gasteiger charge is -2.26. The summed E-state index contributed by atoms with van der Waals surface area (Å²) in [7, 11) is 0. The monoisotopic (exact) mass is 336 g/mol. The third-order valence-electron chi connectivity index (χ3n) is 3.67. The molecule has 1 N–H and O–H groups in total. The van der Waals surface area contributed by atoms with Gasteiger partial charge in [0, 0.05) is 19.5 Å². The molecule has 1 heterocycles. The SMILES string of the molecule is Cl.N#CN/C=N/CCCOc1cccc(CN2CCCCC2)c1. The van der Waals surface area contributed by atoms with Crippen LogP contribution in [0.25, 0.3) is 0 Å². The lowest BCUT2D eigenvalue weighted by molar-refractivity contribution is 0.220. The Kier molecular flexibility index (Phi) is 9.85. The molecule has 1 aliphatic rings. The molecule has 6 heteroatoms. The van der Waals surface area contributed by atoms with Crippen LogP contribution in [-0.2, 0) is 6.54 Å². The van der Waals surface area contributed by atoms with Gasteiger partial charge in [-0.2, -0.15) is 5.26 Å². The van der Waals surface area contributed by atoms with Gasteiger partial charge in [0.15, 0.2) is 6.19 Å². The van der Waals surface area contributed by atoms with Gasteiger partial charge in [-0.25, -0.2) is 0 Å². The van der Waals surface area contributed by atoms with Crippen molar-refractivity contribution < 1.29 is 4.74 Å². The number of piperidine rings is 1. The normalized spacial score (nSPS) is 14.9. The van der Waals surface area contributed by atoms with Gasteiger partial charge in [0.25, 0.3) is 0 Å². The Morgan fingerprint density at radius 1 is 1.30 bits per heavy atom. The maximum absolute atomic E-state index is 8.28. The molecule has 1 fully saturated rings. The molecule has 1 aromatic carbocycles. The summed E-state index contributed by atoms with van der Waals surface area (Å²) < 4.78 is 5.76. The Bertz CT molecular complexity index is 510. The average molecular weight is 337 g/mol. The van der Waals surface area contributed by atoms with Crippen LogP contribution in [0.5, 0.6) is 5.75 Å². The van der Waals surface area contributed by atoms with Crippen molar-refractivity contribution in [2.24, 2.45) is 4.99 Å². The number of ether oxygens (including phenoxy) is 1. The van der Waals surface area contributed by atoms with E-state index in [1.165, 1.54) is 44.3 Å². The van der Waals surface area contributed by atoms with Crippen molar-refractivity contribution in [2.75, 3.05) is 26.2 Å². The van der Waals surface area contributed by atoms with E-state index in [9.17, 15) is 0 Å². The number of nitrogens with one attached hydrogen (secondary N) is 1. The molecule has 0 saturated carbocycles. The average Bonchev–Trinajstić information content (AvgIpc) is 2.55. The molecule has 1 saturated heterocycles. The Balaban J connectivity index is 0.00000264. The van der Waals surface area contributed by atoms with Crippen LogP contribution in [-0.4, -0.2) is 37.5 Å². The van der Waals surface area contributed by atoms with Crippen LogP contribution in [0.3, 0.4) is 0 Å². The lowest BCUT2D eigenvalue weighted by atomic mass is 10.1. The van der Waals surface area contributed by atoms with Crippen LogP contribution < -0.4 is 10.1 Å². The van der Waals surface area contributed by atoms with Crippen molar-refractivity contribution in [3.63, 3.8) is 0 Å². The van der Waals surface area contributed by atoms with Crippen LogP contribution in [0, 0.1) is 11.5 Å². The van der Waals surface area contributed by atoms with Gasteiger partial charge in [-0.15, -0.1) is 12.4 Å². The van der Waals surface area contributed by atoms with Crippen molar-refractivity contribution in [3.05, 3.63) is 29.8 Å². The predicted molar refractivity (Wildman–Crippen MR) is 95.0 cm³/mol. The zero-order valence-electron chi connectivity index (χ0n) is 13.4. The Labute approximate surface area is 144 Å². The molecule has 1 aliphatic heterocycles. The number of hydrogen-bond acceptors (Lipinski definition) is 4. The van der Waals surface area contributed by atoms with E-state index in [0.29, 0.717) is 13.2 Å². The Morgan fingerprint density at radius 2 is 2.13 bits per heavy atom. The third-order valence-corrected chi connectivity index (χ3v) is 3.67. The number of likely N-dealkylation sites (tertiary alicyclic amines) is 1. The zero-order chi connectivity index (χ0) is 15.5. The van der Waals surface area contributed by atoms with Crippen molar-refractivity contribution in [2.45, 2.75) is 32.2 Å². The summed E-state index contributed by atoms with van der Waals surface area (Å²) in [5.41, 5.74) is 1.32. The molecule has 0 amide bonds. The summed E-state index contributed by atoms with van der Waals surface area (Å²) in [5.74, 6) is 0.925. The van der Waals surface area contributed by atoms with E-state index in [0.717, 1.165) is 18.7 Å². The Hall–Kier alpha value is -1.77. The van der Waals surface area contributed by atoms with Crippen molar-refractivity contribution >= 4 is 18.7 Å². The number of halogens is 1. The molecule has 0 aromatic heterocycles. The summed E-state index contributed by atoms with van der Waals surface area (Å²) >= 11 is 0. The molecule has 23 heavy (non-hydrogen) atoms. The fourth-order valence-corrected chi connectivity index (χ4v) is 2.59. The number of rotatable bonds is 8. The van der Waals surface area contributed by atoms with Crippen molar-refractivity contribution in [1.82, 2.24) is 10.2 Å². The van der Waals surface area contributed by atoms with E-state index in [-0.39, 0.29) is 12.4 Å². The first-order valence-electron chi connectivity index (χ1n) is 7.95. The lowest BCUT2D eigenvalue weighted by Crippen LogP contribution is -2.29. The summed E-state index contributed by atoms with van der Waals surface area (Å²) in [6.45, 7) is 4.72. The van der Waals surface area contributed by atoms with Gasteiger partial charge in [-0.1, -0.05) is 18.6 Å². The Morgan fingerprint density at radius 3 is 2.91 bits per heavy atom. The fraction of sp³-hybridized carbons (Fsp3) is 0.529. The highest BCUT2D eigenvalue weighted by molar-refractivity contribution is 5.85. The summed E-state index contributed by atoms with van der Waals surface area (Å²) in [5, 5.41) is 10.7. The minimum atomic E-state index is 0. The van der Waals surface area contributed by atoms with Gasteiger partial charge in [-0.05, 0) is 43.6 Å². The number of nitrogens with zero attached hydrogens (tertiary/aromatic N) is 3. The van der Waals surface area contributed by atoms with Gasteiger partial charge in [0.05, 0.1) is 12.9 Å².